The number of amides is 1. The number of likely N-dealkylation sites (N-methyl/N-ethyl adjacent to an activating group) is 1. The smallest absolute Gasteiger partial charge is 0.309 e. The van der Waals surface area contributed by atoms with Crippen LogP contribution >= 0.6 is 0 Å². The molecular weight excluding hydrogens is 172 g/mol. The molecule has 1 unspecified atom stereocenters. The molecule has 0 spiro atoms. The van der Waals surface area contributed by atoms with Gasteiger partial charge in [0.05, 0.1) is 12.8 Å². The third-order valence-corrected chi connectivity index (χ3v) is 1.82. The first-order valence-electron chi connectivity index (χ1n) is 3.90. The maximum atomic E-state index is 11.3. The maximum absolute atomic E-state index is 11.3. The van der Waals surface area contributed by atoms with Gasteiger partial charge in [-0.15, -0.1) is 5.84 Å². The summed E-state index contributed by atoms with van der Waals surface area (Å²) in [5.74, 6) is 5.46. The van der Waals surface area contributed by atoms with Gasteiger partial charge in [0.15, 0.2) is 6.54 Å². The molecule has 1 aliphatic rings. The number of rotatable bonds is 3. The van der Waals surface area contributed by atoms with Gasteiger partial charge in [0.2, 0.25) is 5.70 Å². The zero-order chi connectivity index (χ0) is 9.90. The average molecular weight is 185 g/mol. The number of carbonyl (C=O) groups is 1. The number of carbonyl (C=O) groups excluding carboxylic acids is 1. The molecule has 0 aromatic heterocycles. The minimum atomic E-state index is -0.379. The third-order valence-electron chi connectivity index (χ3n) is 1.82. The van der Waals surface area contributed by atoms with Gasteiger partial charge in [-0.05, 0) is 0 Å². The van der Waals surface area contributed by atoms with E-state index >= 15 is 0 Å². The summed E-state index contributed by atoms with van der Waals surface area (Å²) in [4.78, 5) is 11.3. The van der Waals surface area contributed by atoms with Crippen molar-refractivity contribution in [1.82, 2.24) is 5.32 Å². The lowest BCUT2D eigenvalue weighted by Gasteiger charge is -2.22. The molecule has 1 rings (SSSR count). The monoisotopic (exact) mass is 185 g/mol. The van der Waals surface area contributed by atoms with E-state index in [1.165, 1.54) is 19.3 Å². The lowest BCUT2D eigenvalue weighted by atomic mass is 10.3. The van der Waals surface area contributed by atoms with Crippen LogP contribution in [0.4, 0.5) is 0 Å². The van der Waals surface area contributed by atoms with Gasteiger partial charge < -0.3 is 10.4 Å². The summed E-state index contributed by atoms with van der Waals surface area (Å²) in [6.45, 7) is 0.0674. The van der Waals surface area contributed by atoms with Crippen molar-refractivity contribution in [2.24, 2.45) is 10.9 Å². The van der Waals surface area contributed by atoms with Crippen LogP contribution in [0, 0.1) is 0 Å². The number of allylic oxidation sites excluding steroid dienone is 1. The summed E-state index contributed by atoms with van der Waals surface area (Å²) in [6, 6.07) is 0. The predicted octanol–water partition coefficient (Wildman–Crippen LogP) is -1.70. The molecule has 13 heavy (non-hydrogen) atoms. The number of hydrogen-bond acceptors (Lipinski definition) is 4. The molecule has 1 aliphatic heterocycles. The quantitative estimate of drug-likeness (QED) is 0.361. The molecule has 0 aromatic carbocycles. The normalized spacial score (nSPS) is 25.9. The first-order valence-corrected chi connectivity index (χ1v) is 3.90. The zero-order valence-corrected chi connectivity index (χ0v) is 7.40. The predicted molar refractivity (Wildman–Crippen MR) is 47.0 cm³/mol. The number of aliphatic hydroxyl groups is 1. The summed E-state index contributed by atoms with van der Waals surface area (Å²) >= 11 is 0. The highest BCUT2D eigenvalue weighted by Gasteiger charge is 2.36. The van der Waals surface area contributed by atoms with Gasteiger partial charge >= 0.3 is 5.91 Å². The lowest BCUT2D eigenvalue weighted by molar-refractivity contribution is -0.904. The number of quaternary nitrogens is 1. The zero-order valence-electron chi connectivity index (χ0n) is 7.40. The topological polar surface area (TPSA) is 87.7 Å². The number of nitrogens with zero attached hydrogens (tertiary/aromatic N) is 2. The summed E-state index contributed by atoms with van der Waals surface area (Å²) in [7, 11) is 1.52. The Morgan fingerprint density at radius 3 is 3.08 bits per heavy atom. The van der Waals surface area contributed by atoms with Gasteiger partial charge in [-0.1, -0.05) is 9.80 Å². The second-order valence-corrected chi connectivity index (χ2v) is 2.67. The Balaban J connectivity index is 2.82. The Kier molecular flexibility index (Phi) is 2.76. The summed E-state index contributed by atoms with van der Waals surface area (Å²) in [5, 5.41) is 15.1. The maximum Gasteiger partial charge on any atom is 0.309 e. The molecule has 0 saturated carbocycles. The van der Waals surface area contributed by atoms with Crippen LogP contribution in [0.2, 0.25) is 0 Å². The Morgan fingerprint density at radius 1 is 1.85 bits per heavy atom. The highest BCUT2D eigenvalue weighted by Crippen LogP contribution is 2.15. The van der Waals surface area contributed by atoms with Crippen molar-refractivity contribution < 1.29 is 14.6 Å². The van der Waals surface area contributed by atoms with E-state index in [-0.39, 0.29) is 23.8 Å². The second-order valence-electron chi connectivity index (χ2n) is 2.67. The first kappa shape index (κ1) is 9.85. The van der Waals surface area contributed by atoms with Crippen LogP contribution in [0.15, 0.2) is 16.9 Å². The molecule has 0 aliphatic carbocycles. The van der Waals surface area contributed by atoms with Crippen molar-refractivity contribution in [2.45, 2.75) is 0 Å². The standard InChI is InChI=1S/C7H12N4O2/c1-9-7(13)6-2-3-10-11(6,8)4-5-12/h2-3,12H,4-5,8H2,1H3/p+1. The van der Waals surface area contributed by atoms with Crippen molar-refractivity contribution in [3.63, 3.8) is 0 Å². The van der Waals surface area contributed by atoms with E-state index in [0.717, 1.165) is 0 Å². The van der Waals surface area contributed by atoms with Crippen LogP contribution in [-0.2, 0) is 4.79 Å². The molecule has 0 fully saturated rings. The highest BCUT2D eigenvalue weighted by molar-refractivity contribution is 5.96. The minimum absolute atomic E-state index is 0.123. The SMILES string of the molecule is CNC(=O)C1=CC=N[N+]1(N)CCO. The Bertz CT molecular complexity index is 274. The van der Waals surface area contributed by atoms with E-state index in [1.54, 1.807) is 0 Å². The van der Waals surface area contributed by atoms with E-state index in [0.29, 0.717) is 5.70 Å². The molecule has 1 amide bonds. The van der Waals surface area contributed by atoms with E-state index in [1.807, 2.05) is 0 Å². The van der Waals surface area contributed by atoms with Crippen molar-refractivity contribution in [1.29, 1.82) is 0 Å². The fraction of sp³-hybridized carbons (Fsp3) is 0.429. The molecule has 1 atom stereocenters. The summed E-state index contributed by atoms with van der Waals surface area (Å²) in [6.07, 6.45) is 2.99. The van der Waals surface area contributed by atoms with Gasteiger partial charge in [0, 0.05) is 13.1 Å². The van der Waals surface area contributed by atoms with Crippen LogP contribution in [-0.4, -0.2) is 42.1 Å². The van der Waals surface area contributed by atoms with Crippen molar-refractivity contribution in [2.75, 3.05) is 20.2 Å². The molecule has 0 aromatic rings. The van der Waals surface area contributed by atoms with Gasteiger partial charge in [-0.2, -0.15) is 0 Å². The minimum Gasteiger partial charge on any atom is -0.390 e. The van der Waals surface area contributed by atoms with Crippen LogP contribution < -0.4 is 11.2 Å². The second kappa shape index (κ2) is 3.65. The van der Waals surface area contributed by atoms with Crippen molar-refractivity contribution >= 4 is 12.1 Å². The van der Waals surface area contributed by atoms with Crippen LogP contribution in [0.3, 0.4) is 0 Å². The van der Waals surface area contributed by atoms with E-state index < -0.39 is 0 Å². The fourth-order valence-electron chi connectivity index (χ4n) is 1.12. The Morgan fingerprint density at radius 2 is 2.54 bits per heavy atom. The van der Waals surface area contributed by atoms with E-state index in [2.05, 4.69) is 10.4 Å². The molecular formula is C7H13N4O2+. The van der Waals surface area contributed by atoms with Crippen LogP contribution in [0.25, 0.3) is 0 Å². The number of hydrogen-bond donors (Lipinski definition) is 3. The number of aliphatic hydroxyl groups excluding tert-OH is 1. The largest absolute Gasteiger partial charge is 0.390 e. The van der Waals surface area contributed by atoms with E-state index in [4.69, 9.17) is 10.9 Å². The summed E-state index contributed by atoms with van der Waals surface area (Å²) in [5.41, 5.74) is 0.330. The number of nitrogens with two attached hydrogens (primary N) is 1. The Labute approximate surface area is 75.9 Å². The summed E-state index contributed by atoms with van der Waals surface area (Å²) < 4.78 is -0.379. The molecule has 1 heterocycles. The first-order chi connectivity index (χ1) is 6.14. The molecule has 4 N–H and O–H groups in total. The van der Waals surface area contributed by atoms with Gasteiger partial charge in [0.25, 0.3) is 0 Å². The third kappa shape index (κ3) is 1.74. The van der Waals surface area contributed by atoms with Gasteiger partial charge in [0.1, 0.15) is 0 Å². The van der Waals surface area contributed by atoms with Gasteiger partial charge in [-0.25, -0.2) is 0 Å². The average Bonchev–Trinajstić information content (AvgIpc) is 2.47. The molecule has 0 saturated heterocycles. The van der Waals surface area contributed by atoms with Crippen LogP contribution in [0.1, 0.15) is 0 Å². The lowest BCUT2D eigenvalue weighted by Crippen LogP contribution is -2.52. The molecule has 72 valence electrons. The van der Waals surface area contributed by atoms with Gasteiger partial charge in [-0.3, -0.25) is 4.79 Å². The molecule has 6 nitrogen and oxygen atoms in total. The highest BCUT2D eigenvalue weighted by atomic mass is 16.3. The van der Waals surface area contributed by atoms with Crippen LogP contribution in [0.5, 0.6) is 0 Å². The molecule has 0 bridgehead atoms. The van der Waals surface area contributed by atoms with Crippen molar-refractivity contribution in [3.05, 3.63) is 11.8 Å². The van der Waals surface area contributed by atoms with E-state index in [9.17, 15) is 4.79 Å². The van der Waals surface area contributed by atoms with Crippen molar-refractivity contribution in [3.8, 4) is 0 Å². The number of nitrogens with one attached hydrogen (secondary N) is 1. The molecule has 6 heteroatoms. The molecule has 0 radical (unpaired) electrons. The fourth-order valence-corrected chi connectivity index (χ4v) is 1.12. The Hall–Kier alpha value is -1.24.